The summed E-state index contributed by atoms with van der Waals surface area (Å²) in [4.78, 5) is 0. The first kappa shape index (κ1) is 19.8. The molecule has 0 fully saturated rings. The van der Waals surface area contributed by atoms with Crippen molar-refractivity contribution in [1.29, 1.82) is 0 Å². The third-order valence-electron chi connectivity index (χ3n) is 5.41. The highest BCUT2D eigenvalue weighted by atomic mass is 16.3. The highest BCUT2D eigenvalue weighted by Crippen LogP contribution is 2.33. The summed E-state index contributed by atoms with van der Waals surface area (Å²) < 4.78 is 16.6. The lowest BCUT2D eigenvalue weighted by atomic mass is 9.89. The van der Waals surface area contributed by atoms with E-state index in [2.05, 4.69) is 59.2 Å². The number of rotatable bonds is 9. The monoisotopic (exact) mass is 424 g/mol. The van der Waals surface area contributed by atoms with Crippen LogP contribution in [0.1, 0.15) is 34.3 Å². The molecule has 0 unspecified atom stereocenters. The predicted molar refractivity (Wildman–Crippen MR) is 125 cm³/mol. The average molecular weight is 425 g/mol. The molecule has 0 radical (unpaired) electrons. The van der Waals surface area contributed by atoms with Gasteiger partial charge in [-0.15, -0.1) is 0 Å². The van der Waals surface area contributed by atoms with E-state index in [1.165, 1.54) is 11.1 Å². The lowest BCUT2D eigenvalue weighted by Gasteiger charge is -2.17. The summed E-state index contributed by atoms with van der Waals surface area (Å²) in [5.41, 5.74) is 4.42. The zero-order chi connectivity index (χ0) is 21.6. The number of hydrogen-bond donors (Lipinski definition) is 2. The van der Waals surface area contributed by atoms with Gasteiger partial charge in [0.25, 0.3) is 0 Å². The standard InChI is InChI=1S/C27H24N2O3/c1-4-24(30-15-1)18-28-22-11-7-20(8-12-22)27(26-6-3-17-32-26)21-9-13-23(14-10-21)29-19-25-5-2-16-31-25/h1-17,27-29H,18-19H2. The Morgan fingerprint density at radius 1 is 0.531 bits per heavy atom. The van der Waals surface area contributed by atoms with Gasteiger partial charge in [0.2, 0.25) is 0 Å². The van der Waals surface area contributed by atoms with Crippen molar-refractivity contribution in [2.45, 2.75) is 19.0 Å². The summed E-state index contributed by atoms with van der Waals surface area (Å²) in [7, 11) is 0. The Kier molecular flexibility index (Phi) is 5.79. The van der Waals surface area contributed by atoms with Crippen LogP contribution < -0.4 is 10.6 Å². The zero-order valence-electron chi connectivity index (χ0n) is 17.5. The molecule has 160 valence electrons. The van der Waals surface area contributed by atoms with E-state index in [0.29, 0.717) is 13.1 Å². The van der Waals surface area contributed by atoms with Gasteiger partial charge in [-0.3, -0.25) is 0 Å². The van der Waals surface area contributed by atoms with E-state index in [-0.39, 0.29) is 5.92 Å². The van der Waals surface area contributed by atoms with E-state index in [1.54, 1.807) is 18.8 Å². The van der Waals surface area contributed by atoms with E-state index in [0.717, 1.165) is 28.7 Å². The molecule has 32 heavy (non-hydrogen) atoms. The second-order valence-electron chi connectivity index (χ2n) is 7.56. The Bertz CT molecular complexity index is 1110. The van der Waals surface area contributed by atoms with Crippen molar-refractivity contribution >= 4 is 11.4 Å². The maximum Gasteiger partial charge on any atom is 0.122 e. The molecule has 0 spiro atoms. The Morgan fingerprint density at radius 3 is 1.41 bits per heavy atom. The van der Waals surface area contributed by atoms with Crippen LogP contribution in [0.5, 0.6) is 0 Å². The van der Waals surface area contributed by atoms with Crippen LogP contribution in [0.15, 0.2) is 117 Å². The quantitative estimate of drug-likeness (QED) is 0.270. The number of furan rings is 3. The molecule has 2 N–H and O–H groups in total. The smallest absolute Gasteiger partial charge is 0.122 e. The molecule has 0 bridgehead atoms. The number of nitrogens with one attached hydrogen (secondary N) is 2. The predicted octanol–water partition coefficient (Wildman–Crippen LogP) is 6.87. The van der Waals surface area contributed by atoms with Gasteiger partial charge < -0.3 is 23.9 Å². The minimum atomic E-state index is 0.0169. The molecule has 2 aromatic carbocycles. The van der Waals surface area contributed by atoms with Crippen LogP contribution in [0.4, 0.5) is 11.4 Å². The highest BCUT2D eigenvalue weighted by Gasteiger charge is 2.19. The Balaban J connectivity index is 1.32. The fourth-order valence-corrected chi connectivity index (χ4v) is 3.77. The molecule has 5 nitrogen and oxygen atoms in total. The normalized spacial score (nSPS) is 11.0. The van der Waals surface area contributed by atoms with Gasteiger partial charge in [-0.05, 0) is 71.8 Å². The average Bonchev–Trinajstić information content (AvgIpc) is 3.63. The minimum Gasteiger partial charge on any atom is -0.468 e. The van der Waals surface area contributed by atoms with Crippen LogP contribution in [0.3, 0.4) is 0 Å². The molecule has 0 saturated heterocycles. The van der Waals surface area contributed by atoms with Crippen molar-refractivity contribution in [2.75, 3.05) is 10.6 Å². The van der Waals surface area contributed by atoms with Crippen LogP contribution >= 0.6 is 0 Å². The number of benzene rings is 2. The van der Waals surface area contributed by atoms with Gasteiger partial charge in [-0.2, -0.15) is 0 Å². The van der Waals surface area contributed by atoms with Crippen molar-refractivity contribution in [3.63, 3.8) is 0 Å². The molecule has 3 heterocycles. The van der Waals surface area contributed by atoms with Crippen LogP contribution in [-0.4, -0.2) is 0 Å². The molecule has 0 amide bonds. The molecule has 5 rings (SSSR count). The maximum atomic E-state index is 5.80. The van der Waals surface area contributed by atoms with Gasteiger partial charge in [0, 0.05) is 11.4 Å². The summed E-state index contributed by atoms with van der Waals surface area (Å²) in [5.74, 6) is 2.74. The number of hydrogen-bond acceptors (Lipinski definition) is 5. The van der Waals surface area contributed by atoms with Crippen molar-refractivity contribution < 1.29 is 13.3 Å². The van der Waals surface area contributed by atoms with Crippen LogP contribution in [-0.2, 0) is 13.1 Å². The lowest BCUT2D eigenvalue weighted by molar-refractivity contribution is 0.503. The topological polar surface area (TPSA) is 63.5 Å². The van der Waals surface area contributed by atoms with Crippen molar-refractivity contribution in [3.05, 3.63) is 132 Å². The van der Waals surface area contributed by atoms with E-state index >= 15 is 0 Å². The lowest BCUT2D eigenvalue weighted by Crippen LogP contribution is -2.04. The van der Waals surface area contributed by atoms with E-state index < -0.39 is 0 Å². The van der Waals surface area contributed by atoms with Gasteiger partial charge in [-0.1, -0.05) is 24.3 Å². The van der Waals surface area contributed by atoms with Gasteiger partial charge >= 0.3 is 0 Å². The first-order valence-corrected chi connectivity index (χ1v) is 10.6. The van der Waals surface area contributed by atoms with Crippen molar-refractivity contribution in [1.82, 2.24) is 0 Å². The summed E-state index contributed by atoms with van der Waals surface area (Å²) in [6.45, 7) is 1.31. The van der Waals surface area contributed by atoms with Gasteiger partial charge in [0.15, 0.2) is 0 Å². The summed E-state index contributed by atoms with van der Waals surface area (Å²) in [5, 5.41) is 6.78. The largest absolute Gasteiger partial charge is 0.468 e. The third kappa shape index (κ3) is 4.62. The molecule has 0 aliphatic carbocycles. The van der Waals surface area contributed by atoms with Gasteiger partial charge in [0.05, 0.1) is 37.8 Å². The Morgan fingerprint density at radius 2 is 1.00 bits per heavy atom. The molecule has 0 aliphatic heterocycles. The van der Waals surface area contributed by atoms with Crippen LogP contribution in [0.2, 0.25) is 0 Å². The van der Waals surface area contributed by atoms with E-state index in [9.17, 15) is 0 Å². The Labute approximate surface area is 186 Å². The van der Waals surface area contributed by atoms with Crippen molar-refractivity contribution in [3.8, 4) is 0 Å². The fraction of sp³-hybridized carbons (Fsp3) is 0.111. The minimum absolute atomic E-state index is 0.0169. The van der Waals surface area contributed by atoms with Gasteiger partial charge in [0.1, 0.15) is 17.3 Å². The first-order chi connectivity index (χ1) is 15.8. The molecule has 5 aromatic rings. The zero-order valence-corrected chi connectivity index (χ0v) is 17.5. The van der Waals surface area contributed by atoms with Crippen LogP contribution in [0, 0.1) is 0 Å². The maximum absolute atomic E-state index is 5.80. The van der Waals surface area contributed by atoms with Crippen LogP contribution in [0.25, 0.3) is 0 Å². The van der Waals surface area contributed by atoms with Gasteiger partial charge in [-0.25, -0.2) is 0 Å². The fourth-order valence-electron chi connectivity index (χ4n) is 3.77. The molecular formula is C27H24N2O3. The van der Waals surface area contributed by atoms with Crippen molar-refractivity contribution in [2.24, 2.45) is 0 Å². The number of anilines is 2. The summed E-state index contributed by atoms with van der Waals surface area (Å²) in [6, 6.07) is 28.6. The Hall–Kier alpha value is -4.12. The molecule has 0 saturated carbocycles. The second-order valence-corrected chi connectivity index (χ2v) is 7.56. The molecule has 0 atom stereocenters. The van der Waals surface area contributed by atoms with E-state index in [4.69, 9.17) is 13.3 Å². The molecule has 3 aromatic heterocycles. The first-order valence-electron chi connectivity index (χ1n) is 10.6. The second kappa shape index (κ2) is 9.35. The third-order valence-corrected chi connectivity index (χ3v) is 5.41. The van der Waals surface area contributed by atoms with E-state index in [1.807, 2.05) is 36.4 Å². The SMILES string of the molecule is c1coc(CNc2ccc(C(c3ccc(NCc4ccco4)cc3)c3ccco3)cc2)c1. The highest BCUT2D eigenvalue weighted by molar-refractivity contribution is 5.51. The summed E-state index contributed by atoms with van der Waals surface area (Å²) in [6.07, 6.45) is 5.10. The molecular weight excluding hydrogens is 400 g/mol. The molecule has 0 aliphatic rings. The molecule has 5 heteroatoms. The summed E-state index contributed by atoms with van der Waals surface area (Å²) >= 11 is 0.